The Morgan fingerprint density at radius 1 is 1.15 bits per heavy atom. The smallest absolute Gasteiger partial charge is 0.0202 e. The number of hydrogen-bond acceptors (Lipinski definition) is 2. The summed E-state index contributed by atoms with van der Waals surface area (Å²) in [6.07, 6.45) is 0. The molecular formula is C11H20N2. The molecule has 0 bridgehead atoms. The lowest BCUT2D eigenvalue weighted by Crippen LogP contribution is -2.04. The van der Waals surface area contributed by atoms with Gasteiger partial charge in [0.15, 0.2) is 0 Å². The molecule has 0 atom stereocenters. The molecule has 1 aromatic carbocycles. The van der Waals surface area contributed by atoms with Crippen molar-refractivity contribution in [3.8, 4) is 0 Å². The van der Waals surface area contributed by atoms with E-state index >= 15 is 0 Å². The van der Waals surface area contributed by atoms with E-state index in [1.165, 1.54) is 12.6 Å². The van der Waals surface area contributed by atoms with Crippen LogP contribution in [0.15, 0.2) is 43.5 Å². The molecule has 3 N–H and O–H groups in total. The molecule has 0 aliphatic heterocycles. The lowest BCUT2D eigenvalue weighted by Gasteiger charge is -1.95. The topological polar surface area (TPSA) is 38.0 Å². The molecule has 0 radical (unpaired) electrons. The molecule has 0 aliphatic rings. The Morgan fingerprint density at radius 3 is 2.00 bits per heavy atom. The molecule has 0 aromatic heterocycles. The molecule has 2 nitrogen and oxygen atoms in total. The number of nitrogens with one attached hydrogen (secondary N) is 1. The van der Waals surface area contributed by atoms with Crippen molar-refractivity contribution in [3.63, 3.8) is 0 Å². The van der Waals surface area contributed by atoms with E-state index in [9.17, 15) is 0 Å². The van der Waals surface area contributed by atoms with Crippen LogP contribution in [0.4, 0.5) is 0 Å². The minimum absolute atomic E-state index is 0.959. The first kappa shape index (κ1) is 14.4. The first-order valence-corrected chi connectivity index (χ1v) is 4.20. The fourth-order valence-electron chi connectivity index (χ4n) is 0.800. The number of nitrogens with two attached hydrogens (primary N) is 1. The van der Waals surface area contributed by atoms with Gasteiger partial charge in [0.1, 0.15) is 0 Å². The van der Waals surface area contributed by atoms with E-state index in [-0.39, 0.29) is 0 Å². The van der Waals surface area contributed by atoms with Gasteiger partial charge in [-0.25, -0.2) is 0 Å². The van der Waals surface area contributed by atoms with Crippen LogP contribution in [-0.2, 0) is 6.54 Å². The molecule has 0 heterocycles. The third-order valence-corrected chi connectivity index (χ3v) is 1.22. The molecule has 0 amide bonds. The van der Waals surface area contributed by atoms with E-state index in [1.807, 2.05) is 25.2 Å². The predicted octanol–water partition coefficient (Wildman–Crippen LogP) is 1.78. The lowest BCUT2D eigenvalue weighted by atomic mass is 10.2. The standard InChI is InChI=1S/C8H11N.C2H4.CH5N/c1-9-7-8-5-3-2-4-6-8;2*1-2/h2-6,9H,7H2,1H3;1-2H2;2H2,1H3. The van der Waals surface area contributed by atoms with E-state index in [0.29, 0.717) is 0 Å². The molecule has 0 saturated heterocycles. The lowest BCUT2D eigenvalue weighted by molar-refractivity contribution is 0.818. The van der Waals surface area contributed by atoms with Crippen LogP contribution in [0.2, 0.25) is 0 Å². The van der Waals surface area contributed by atoms with Gasteiger partial charge in [0.25, 0.3) is 0 Å². The summed E-state index contributed by atoms with van der Waals surface area (Å²) < 4.78 is 0. The van der Waals surface area contributed by atoms with Crippen molar-refractivity contribution in [1.29, 1.82) is 0 Å². The monoisotopic (exact) mass is 180 g/mol. The Morgan fingerprint density at radius 2 is 1.62 bits per heavy atom. The molecule has 13 heavy (non-hydrogen) atoms. The van der Waals surface area contributed by atoms with Crippen LogP contribution in [0.25, 0.3) is 0 Å². The van der Waals surface area contributed by atoms with E-state index in [2.05, 4.69) is 36.3 Å². The summed E-state index contributed by atoms with van der Waals surface area (Å²) >= 11 is 0. The van der Waals surface area contributed by atoms with Crippen molar-refractivity contribution in [3.05, 3.63) is 49.1 Å². The van der Waals surface area contributed by atoms with Crippen LogP contribution >= 0.6 is 0 Å². The number of rotatable bonds is 2. The van der Waals surface area contributed by atoms with Gasteiger partial charge in [-0.1, -0.05) is 30.3 Å². The van der Waals surface area contributed by atoms with E-state index in [0.717, 1.165) is 6.54 Å². The van der Waals surface area contributed by atoms with Crippen molar-refractivity contribution >= 4 is 0 Å². The number of benzene rings is 1. The van der Waals surface area contributed by atoms with Crippen LogP contribution in [0.1, 0.15) is 5.56 Å². The molecule has 0 aliphatic carbocycles. The van der Waals surface area contributed by atoms with Gasteiger partial charge in [-0.15, -0.1) is 13.2 Å². The number of hydrogen-bond donors (Lipinski definition) is 2. The first-order chi connectivity index (χ1) is 6.43. The zero-order valence-electron chi connectivity index (χ0n) is 8.59. The highest BCUT2D eigenvalue weighted by atomic mass is 14.8. The second kappa shape index (κ2) is 13.5. The van der Waals surface area contributed by atoms with Gasteiger partial charge in [0.05, 0.1) is 0 Å². The Hall–Kier alpha value is -1.12. The summed E-state index contributed by atoms with van der Waals surface area (Å²) in [5, 5.41) is 3.08. The van der Waals surface area contributed by atoms with E-state index in [1.54, 1.807) is 0 Å². The fourth-order valence-corrected chi connectivity index (χ4v) is 0.800. The summed E-state index contributed by atoms with van der Waals surface area (Å²) in [5.41, 5.74) is 5.83. The van der Waals surface area contributed by atoms with Crippen LogP contribution in [0, 0.1) is 0 Å². The van der Waals surface area contributed by atoms with Crippen molar-refractivity contribution in [2.24, 2.45) is 5.73 Å². The highest BCUT2D eigenvalue weighted by Crippen LogP contribution is 1.95. The van der Waals surface area contributed by atoms with Crippen LogP contribution in [0.3, 0.4) is 0 Å². The molecule has 0 unspecified atom stereocenters. The third-order valence-electron chi connectivity index (χ3n) is 1.22. The third kappa shape index (κ3) is 8.79. The minimum atomic E-state index is 0.959. The zero-order chi connectivity index (χ0) is 10.5. The van der Waals surface area contributed by atoms with Gasteiger partial charge in [-0.2, -0.15) is 0 Å². The second-order valence-corrected chi connectivity index (χ2v) is 2.02. The van der Waals surface area contributed by atoms with Crippen LogP contribution < -0.4 is 11.1 Å². The molecule has 0 saturated carbocycles. The van der Waals surface area contributed by atoms with Gasteiger partial charge in [0, 0.05) is 6.54 Å². The molecular weight excluding hydrogens is 160 g/mol. The predicted molar refractivity (Wildman–Crippen MR) is 60.6 cm³/mol. The largest absolute Gasteiger partial charge is 0.333 e. The fraction of sp³-hybridized carbons (Fsp3) is 0.273. The maximum atomic E-state index is 4.50. The SMILES string of the molecule is C=C.CN.CNCc1ccccc1. The molecule has 2 heteroatoms. The van der Waals surface area contributed by atoms with Crippen LogP contribution in [0.5, 0.6) is 0 Å². The van der Waals surface area contributed by atoms with Crippen molar-refractivity contribution < 1.29 is 0 Å². The summed E-state index contributed by atoms with van der Waals surface area (Å²) in [5.74, 6) is 0. The first-order valence-electron chi connectivity index (χ1n) is 4.20. The van der Waals surface area contributed by atoms with E-state index in [4.69, 9.17) is 0 Å². The van der Waals surface area contributed by atoms with Crippen LogP contribution in [-0.4, -0.2) is 14.1 Å². The quantitative estimate of drug-likeness (QED) is 0.681. The maximum absolute atomic E-state index is 4.50. The van der Waals surface area contributed by atoms with Gasteiger partial charge in [-0.3, -0.25) is 0 Å². The molecule has 1 rings (SSSR count). The van der Waals surface area contributed by atoms with Crippen molar-refractivity contribution in [2.75, 3.05) is 14.1 Å². The molecule has 1 aromatic rings. The normalized spacial score (nSPS) is 7.31. The second-order valence-electron chi connectivity index (χ2n) is 2.02. The highest BCUT2D eigenvalue weighted by Gasteiger charge is 1.83. The highest BCUT2D eigenvalue weighted by molar-refractivity contribution is 5.13. The Kier molecular flexibility index (Phi) is 14.9. The summed E-state index contributed by atoms with van der Waals surface area (Å²) in [6, 6.07) is 10.3. The van der Waals surface area contributed by atoms with Gasteiger partial charge >= 0.3 is 0 Å². The molecule has 0 spiro atoms. The molecule has 74 valence electrons. The van der Waals surface area contributed by atoms with Gasteiger partial charge in [-0.05, 0) is 19.7 Å². The Labute approximate surface area is 81.5 Å². The molecule has 0 fully saturated rings. The maximum Gasteiger partial charge on any atom is 0.0202 e. The average Bonchev–Trinajstić information content (AvgIpc) is 2.26. The minimum Gasteiger partial charge on any atom is -0.333 e. The Balaban J connectivity index is 0. The summed E-state index contributed by atoms with van der Waals surface area (Å²) in [7, 11) is 3.45. The van der Waals surface area contributed by atoms with Gasteiger partial charge in [0.2, 0.25) is 0 Å². The van der Waals surface area contributed by atoms with Gasteiger partial charge < -0.3 is 11.1 Å². The van der Waals surface area contributed by atoms with E-state index < -0.39 is 0 Å². The van der Waals surface area contributed by atoms with Crippen molar-refractivity contribution in [1.82, 2.24) is 5.32 Å². The zero-order valence-corrected chi connectivity index (χ0v) is 8.59. The van der Waals surface area contributed by atoms with Crippen molar-refractivity contribution in [2.45, 2.75) is 6.54 Å². The summed E-state index contributed by atoms with van der Waals surface area (Å²) in [6.45, 7) is 6.96. The Bertz CT molecular complexity index is 173. The summed E-state index contributed by atoms with van der Waals surface area (Å²) in [4.78, 5) is 0. The average molecular weight is 180 g/mol.